The number of hydrogen-bond acceptors (Lipinski definition) is 2. The predicted octanol–water partition coefficient (Wildman–Crippen LogP) is 1.58. The van der Waals surface area contributed by atoms with E-state index < -0.39 is 0 Å². The average molecular weight is 236 g/mol. The van der Waals surface area contributed by atoms with Crippen LogP contribution in [0.15, 0.2) is 30.3 Å². The van der Waals surface area contributed by atoms with Gasteiger partial charge in [0.1, 0.15) is 0 Å². The zero-order valence-corrected chi connectivity index (χ0v) is 10.1. The smallest absolute Gasteiger partial charge is 0.226 e. The van der Waals surface area contributed by atoms with Gasteiger partial charge in [-0.25, -0.2) is 0 Å². The lowest BCUT2D eigenvalue weighted by Gasteiger charge is -2.12. The number of amides is 1. The van der Waals surface area contributed by atoms with E-state index in [1.807, 2.05) is 30.3 Å². The molecule has 0 fully saturated rings. The summed E-state index contributed by atoms with van der Waals surface area (Å²) in [4.78, 5) is 11.5. The van der Waals surface area contributed by atoms with Crippen molar-refractivity contribution in [2.24, 2.45) is 5.73 Å². The van der Waals surface area contributed by atoms with E-state index in [0.717, 1.165) is 0 Å². The average Bonchev–Trinajstić information content (AvgIpc) is 2.26. The molecule has 3 nitrogen and oxygen atoms in total. The van der Waals surface area contributed by atoms with E-state index in [0.29, 0.717) is 6.54 Å². The Kier molecular flexibility index (Phi) is 4.92. The molecule has 0 aliphatic heterocycles. The summed E-state index contributed by atoms with van der Waals surface area (Å²) >= 11 is 4.66. The van der Waals surface area contributed by atoms with Gasteiger partial charge in [0.15, 0.2) is 0 Å². The van der Waals surface area contributed by atoms with Crippen LogP contribution in [0.5, 0.6) is 0 Å². The summed E-state index contributed by atoms with van der Waals surface area (Å²) in [5.74, 6) is 0.173. The molecule has 0 saturated carbocycles. The fourth-order valence-corrected chi connectivity index (χ4v) is 1.52. The van der Waals surface area contributed by atoms with Crippen molar-refractivity contribution in [1.29, 1.82) is 0 Å². The summed E-state index contributed by atoms with van der Waals surface area (Å²) in [5, 5.41) is 2.81. The van der Waals surface area contributed by atoms with Gasteiger partial charge in [0.25, 0.3) is 0 Å². The molecule has 1 aromatic rings. The lowest BCUT2D eigenvalue weighted by Crippen LogP contribution is -2.30. The Morgan fingerprint density at radius 2 is 2.06 bits per heavy atom. The molecule has 0 aliphatic carbocycles. The van der Waals surface area contributed by atoms with Gasteiger partial charge in [0.05, 0.1) is 11.4 Å². The van der Waals surface area contributed by atoms with Gasteiger partial charge in [-0.05, 0) is 11.5 Å². The first kappa shape index (κ1) is 12.6. The van der Waals surface area contributed by atoms with Crippen LogP contribution >= 0.6 is 12.2 Å². The molecule has 3 N–H and O–H groups in total. The quantitative estimate of drug-likeness (QED) is 0.763. The monoisotopic (exact) mass is 236 g/mol. The number of rotatable bonds is 5. The first-order chi connectivity index (χ1) is 7.59. The molecule has 0 aromatic heterocycles. The van der Waals surface area contributed by atoms with Gasteiger partial charge in [-0.15, -0.1) is 0 Å². The van der Waals surface area contributed by atoms with Gasteiger partial charge in [0, 0.05) is 6.54 Å². The second kappa shape index (κ2) is 6.23. The van der Waals surface area contributed by atoms with E-state index in [-0.39, 0.29) is 23.2 Å². The number of carbonyl (C=O) groups excluding carboxylic acids is 1. The predicted molar refractivity (Wildman–Crippen MR) is 69.3 cm³/mol. The Bertz CT molecular complexity index is 365. The Morgan fingerprint density at radius 3 is 2.62 bits per heavy atom. The fourth-order valence-electron chi connectivity index (χ4n) is 1.39. The minimum atomic E-state index is -0.115. The van der Waals surface area contributed by atoms with E-state index in [1.54, 1.807) is 0 Å². The third-order valence-corrected chi connectivity index (χ3v) is 2.45. The van der Waals surface area contributed by atoms with Gasteiger partial charge in [0.2, 0.25) is 5.91 Å². The molecule has 86 valence electrons. The summed E-state index contributed by atoms with van der Waals surface area (Å²) < 4.78 is 0. The molecule has 0 saturated heterocycles. The van der Waals surface area contributed by atoms with Crippen molar-refractivity contribution in [2.45, 2.75) is 19.3 Å². The van der Waals surface area contributed by atoms with Crippen LogP contribution in [0.3, 0.4) is 0 Å². The van der Waals surface area contributed by atoms with Crippen LogP contribution in [-0.4, -0.2) is 17.4 Å². The SMILES string of the molecule is CC(CNC(=O)CC(N)=S)c1ccccc1. The molecular formula is C12H16N2OS. The zero-order valence-electron chi connectivity index (χ0n) is 9.27. The molecule has 16 heavy (non-hydrogen) atoms. The Morgan fingerprint density at radius 1 is 1.44 bits per heavy atom. The highest BCUT2D eigenvalue weighted by atomic mass is 32.1. The molecule has 1 amide bonds. The second-order valence-corrected chi connectivity index (χ2v) is 4.28. The maximum absolute atomic E-state index is 11.3. The van der Waals surface area contributed by atoms with Crippen LogP contribution in [-0.2, 0) is 4.79 Å². The zero-order chi connectivity index (χ0) is 12.0. The van der Waals surface area contributed by atoms with Gasteiger partial charge >= 0.3 is 0 Å². The largest absolute Gasteiger partial charge is 0.393 e. The number of thiocarbonyl (C=S) groups is 1. The first-order valence-corrected chi connectivity index (χ1v) is 5.60. The van der Waals surface area contributed by atoms with E-state index >= 15 is 0 Å². The second-order valence-electron chi connectivity index (χ2n) is 3.76. The van der Waals surface area contributed by atoms with Crippen LogP contribution in [0.4, 0.5) is 0 Å². The molecule has 1 atom stereocenters. The summed E-state index contributed by atoms with van der Waals surface area (Å²) in [6.07, 6.45) is 0.122. The maximum Gasteiger partial charge on any atom is 0.226 e. The van der Waals surface area contributed by atoms with E-state index in [9.17, 15) is 4.79 Å². The van der Waals surface area contributed by atoms with Crippen LogP contribution < -0.4 is 11.1 Å². The third kappa shape index (κ3) is 4.40. The lowest BCUT2D eigenvalue weighted by atomic mass is 10.0. The summed E-state index contributed by atoms with van der Waals surface area (Å²) in [6, 6.07) is 10.0. The third-order valence-electron chi connectivity index (χ3n) is 2.31. The van der Waals surface area contributed by atoms with Crippen molar-refractivity contribution in [2.75, 3.05) is 6.54 Å². The summed E-state index contributed by atoms with van der Waals surface area (Å²) in [6.45, 7) is 2.67. The van der Waals surface area contributed by atoms with Crippen molar-refractivity contribution in [3.63, 3.8) is 0 Å². The van der Waals surface area contributed by atoms with Crippen molar-refractivity contribution in [3.8, 4) is 0 Å². The van der Waals surface area contributed by atoms with Crippen molar-refractivity contribution in [1.82, 2.24) is 5.32 Å². The standard InChI is InChI=1S/C12H16N2OS/c1-9(10-5-3-2-4-6-10)8-14-12(15)7-11(13)16/h2-6,9H,7-8H2,1H3,(H2,13,16)(H,14,15). The van der Waals surface area contributed by atoms with Crippen LogP contribution in [0, 0.1) is 0 Å². The molecule has 1 aromatic carbocycles. The molecule has 0 spiro atoms. The van der Waals surface area contributed by atoms with Gasteiger partial charge < -0.3 is 11.1 Å². The highest BCUT2D eigenvalue weighted by Crippen LogP contribution is 2.12. The van der Waals surface area contributed by atoms with Gasteiger partial charge in [-0.3, -0.25) is 4.79 Å². The fraction of sp³-hybridized carbons (Fsp3) is 0.333. The van der Waals surface area contributed by atoms with Crippen LogP contribution in [0.2, 0.25) is 0 Å². The van der Waals surface area contributed by atoms with Crippen molar-refractivity contribution in [3.05, 3.63) is 35.9 Å². The highest BCUT2D eigenvalue weighted by molar-refractivity contribution is 7.80. The number of hydrogen-bond donors (Lipinski definition) is 2. The molecule has 1 unspecified atom stereocenters. The molecule has 0 aliphatic rings. The highest BCUT2D eigenvalue weighted by Gasteiger charge is 2.07. The van der Waals surface area contributed by atoms with Crippen molar-refractivity contribution < 1.29 is 4.79 Å². The summed E-state index contributed by atoms with van der Waals surface area (Å²) in [5.41, 5.74) is 6.49. The molecular weight excluding hydrogens is 220 g/mol. The molecule has 0 radical (unpaired) electrons. The maximum atomic E-state index is 11.3. The molecule has 0 heterocycles. The molecule has 4 heteroatoms. The van der Waals surface area contributed by atoms with Crippen LogP contribution in [0.25, 0.3) is 0 Å². The minimum Gasteiger partial charge on any atom is -0.393 e. The van der Waals surface area contributed by atoms with Gasteiger partial charge in [-0.2, -0.15) is 0 Å². The molecule has 0 bridgehead atoms. The normalized spacial score (nSPS) is 11.8. The number of benzene rings is 1. The lowest BCUT2D eigenvalue weighted by molar-refractivity contribution is -0.119. The van der Waals surface area contributed by atoms with Crippen LogP contribution in [0.1, 0.15) is 24.8 Å². The Hall–Kier alpha value is -1.42. The number of nitrogens with one attached hydrogen (secondary N) is 1. The molecule has 1 rings (SSSR count). The Labute approximate surface area is 101 Å². The number of nitrogens with two attached hydrogens (primary N) is 1. The topological polar surface area (TPSA) is 55.1 Å². The Balaban J connectivity index is 2.39. The minimum absolute atomic E-state index is 0.115. The first-order valence-electron chi connectivity index (χ1n) is 5.19. The number of carbonyl (C=O) groups is 1. The van der Waals surface area contributed by atoms with E-state index in [2.05, 4.69) is 24.5 Å². The van der Waals surface area contributed by atoms with E-state index in [4.69, 9.17) is 5.73 Å². The van der Waals surface area contributed by atoms with Gasteiger partial charge in [-0.1, -0.05) is 49.5 Å². The van der Waals surface area contributed by atoms with E-state index in [1.165, 1.54) is 5.56 Å². The van der Waals surface area contributed by atoms with Crippen molar-refractivity contribution >= 4 is 23.1 Å². The summed E-state index contributed by atoms with van der Waals surface area (Å²) in [7, 11) is 0.